The highest BCUT2D eigenvalue weighted by molar-refractivity contribution is 5.94. The first-order valence-electron chi connectivity index (χ1n) is 10.1. The lowest BCUT2D eigenvalue weighted by Gasteiger charge is -2.32. The Kier molecular flexibility index (Phi) is 4.87. The van der Waals surface area contributed by atoms with Gasteiger partial charge in [-0.3, -0.25) is 9.78 Å². The molecule has 4 aromatic rings. The Morgan fingerprint density at radius 3 is 2.62 bits per heavy atom. The molecule has 1 amide bonds. The second-order valence-corrected chi connectivity index (χ2v) is 7.65. The second-order valence-electron chi connectivity index (χ2n) is 7.65. The predicted molar refractivity (Wildman–Crippen MR) is 111 cm³/mol. The van der Waals surface area contributed by atoms with Crippen LogP contribution in [-0.2, 0) is 11.0 Å². The molecule has 0 unspecified atom stereocenters. The van der Waals surface area contributed by atoms with E-state index in [0.717, 1.165) is 10.9 Å². The topological polar surface area (TPSA) is 88.3 Å². The van der Waals surface area contributed by atoms with E-state index in [9.17, 15) is 18.0 Å². The quantitative estimate of drug-likeness (QED) is 0.523. The first-order chi connectivity index (χ1) is 15.4. The molecule has 0 saturated carbocycles. The van der Waals surface area contributed by atoms with Gasteiger partial charge in [-0.1, -0.05) is 18.2 Å². The smallest absolute Gasteiger partial charge is 0.355 e. The van der Waals surface area contributed by atoms with Gasteiger partial charge in [-0.25, -0.2) is 0 Å². The van der Waals surface area contributed by atoms with E-state index in [1.54, 1.807) is 12.3 Å². The fraction of sp³-hybridized carbons (Fsp3) is 0.286. The highest BCUT2D eigenvalue weighted by atomic mass is 19.4. The molecule has 3 aromatic heterocycles. The van der Waals surface area contributed by atoms with E-state index in [1.165, 1.54) is 6.07 Å². The number of rotatable bonds is 3. The third-order valence-corrected chi connectivity index (χ3v) is 5.55. The normalized spacial score (nSPS) is 15.4. The van der Waals surface area contributed by atoms with Crippen molar-refractivity contribution >= 4 is 34.0 Å². The van der Waals surface area contributed by atoms with Crippen LogP contribution in [-0.4, -0.2) is 43.8 Å². The van der Waals surface area contributed by atoms with Crippen molar-refractivity contribution in [2.45, 2.75) is 19.0 Å². The Morgan fingerprint density at radius 1 is 1.06 bits per heavy atom. The van der Waals surface area contributed by atoms with Gasteiger partial charge in [0.1, 0.15) is 5.82 Å². The van der Waals surface area contributed by atoms with Gasteiger partial charge in [-0.05, 0) is 37.1 Å². The Hall–Kier alpha value is -3.76. The summed E-state index contributed by atoms with van der Waals surface area (Å²) in [5.41, 5.74) is 1.51. The number of nitrogens with zero attached hydrogens (tertiary/aromatic N) is 6. The van der Waals surface area contributed by atoms with Crippen molar-refractivity contribution in [1.82, 2.24) is 24.8 Å². The Bertz CT molecular complexity index is 1300. The molecule has 0 aliphatic carbocycles. The molecule has 1 aliphatic heterocycles. The molecule has 5 rings (SSSR count). The van der Waals surface area contributed by atoms with Crippen molar-refractivity contribution < 1.29 is 18.0 Å². The maximum atomic E-state index is 13.1. The van der Waals surface area contributed by atoms with Crippen LogP contribution in [0.1, 0.15) is 18.7 Å². The number of alkyl halides is 3. The number of nitrogens with one attached hydrogen (secondary N) is 1. The number of fused-ring (bicyclic) bond motifs is 2. The van der Waals surface area contributed by atoms with Crippen molar-refractivity contribution in [3.63, 3.8) is 0 Å². The van der Waals surface area contributed by atoms with Crippen LogP contribution < -0.4 is 10.2 Å². The van der Waals surface area contributed by atoms with Crippen LogP contribution in [0.4, 0.5) is 24.7 Å². The summed E-state index contributed by atoms with van der Waals surface area (Å²) in [6, 6.07) is 12.6. The van der Waals surface area contributed by atoms with Gasteiger partial charge in [0.15, 0.2) is 5.65 Å². The molecular formula is C21H18F3N7O. The fourth-order valence-corrected chi connectivity index (χ4v) is 3.88. The molecule has 1 fully saturated rings. The third kappa shape index (κ3) is 3.81. The number of hydrogen-bond donors (Lipinski definition) is 1. The summed E-state index contributed by atoms with van der Waals surface area (Å²) in [5.74, 6) is -1.07. The summed E-state index contributed by atoms with van der Waals surface area (Å²) in [4.78, 5) is 18.9. The average Bonchev–Trinajstić information content (AvgIpc) is 3.23. The van der Waals surface area contributed by atoms with Gasteiger partial charge < -0.3 is 10.2 Å². The van der Waals surface area contributed by atoms with Gasteiger partial charge in [0.2, 0.25) is 5.91 Å². The molecule has 1 aliphatic rings. The molecule has 164 valence electrons. The summed E-state index contributed by atoms with van der Waals surface area (Å²) in [5, 5.41) is 14.7. The van der Waals surface area contributed by atoms with Crippen LogP contribution in [0.3, 0.4) is 0 Å². The minimum atomic E-state index is -4.65. The summed E-state index contributed by atoms with van der Waals surface area (Å²) >= 11 is 0. The summed E-state index contributed by atoms with van der Waals surface area (Å²) in [7, 11) is 0. The van der Waals surface area contributed by atoms with Gasteiger partial charge in [-0.2, -0.15) is 17.7 Å². The summed E-state index contributed by atoms with van der Waals surface area (Å²) < 4.78 is 40.0. The molecule has 32 heavy (non-hydrogen) atoms. The molecule has 8 nitrogen and oxygen atoms in total. The molecule has 0 radical (unpaired) electrons. The Balaban J connectivity index is 1.26. The number of anilines is 2. The molecule has 4 heterocycles. The predicted octanol–water partition coefficient (Wildman–Crippen LogP) is 3.55. The molecular weight excluding hydrogens is 423 g/mol. The fourth-order valence-electron chi connectivity index (χ4n) is 3.88. The maximum absolute atomic E-state index is 13.1. The number of piperidine rings is 1. The van der Waals surface area contributed by atoms with Crippen molar-refractivity contribution in [3.8, 4) is 0 Å². The van der Waals surface area contributed by atoms with Crippen LogP contribution in [0.15, 0.2) is 48.7 Å². The second kappa shape index (κ2) is 7.74. The number of benzene rings is 1. The lowest BCUT2D eigenvalue weighted by Crippen LogP contribution is -2.38. The average molecular weight is 441 g/mol. The van der Waals surface area contributed by atoms with E-state index in [2.05, 4.69) is 25.6 Å². The number of para-hydroxylation sites is 1. The molecule has 1 N–H and O–H groups in total. The zero-order valence-electron chi connectivity index (χ0n) is 16.8. The van der Waals surface area contributed by atoms with Gasteiger partial charge in [0, 0.05) is 24.4 Å². The van der Waals surface area contributed by atoms with Gasteiger partial charge in [0.25, 0.3) is 5.82 Å². The molecule has 0 spiro atoms. The molecule has 0 atom stereocenters. The number of aromatic nitrogens is 5. The summed E-state index contributed by atoms with van der Waals surface area (Å²) in [6.07, 6.45) is -1.90. The molecule has 11 heteroatoms. The van der Waals surface area contributed by atoms with Crippen LogP contribution in [0.5, 0.6) is 0 Å². The Morgan fingerprint density at radius 2 is 1.84 bits per heavy atom. The van der Waals surface area contributed by atoms with Crippen LogP contribution in [0.25, 0.3) is 16.6 Å². The lowest BCUT2D eigenvalue weighted by atomic mass is 9.96. The van der Waals surface area contributed by atoms with Gasteiger partial charge in [0.05, 0.1) is 17.4 Å². The van der Waals surface area contributed by atoms with E-state index >= 15 is 0 Å². The van der Waals surface area contributed by atoms with Crippen LogP contribution in [0.2, 0.25) is 0 Å². The summed E-state index contributed by atoms with van der Waals surface area (Å²) in [6.45, 7) is 0.992. The van der Waals surface area contributed by atoms with Crippen LogP contribution in [0, 0.1) is 5.92 Å². The van der Waals surface area contributed by atoms with E-state index in [-0.39, 0.29) is 17.5 Å². The minimum Gasteiger partial charge on any atom is -0.355 e. The van der Waals surface area contributed by atoms with E-state index in [1.807, 2.05) is 35.2 Å². The number of hydrogen-bond acceptors (Lipinski definition) is 6. The van der Waals surface area contributed by atoms with Gasteiger partial charge >= 0.3 is 6.18 Å². The number of halogens is 3. The number of carbonyl (C=O) groups excluding carboxylic acids is 1. The van der Waals surface area contributed by atoms with E-state index < -0.39 is 12.0 Å². The highest BCUT2D eigenvalue weighted by Crippen LogP contribution is 2.29. The van der Waals surface area contributed by atoms with E-state index in [4.69, 9.17) is 0 Å². The lowest BCUT2D eigenvalue weighted by molar-refractivity contribution is -0.146. The van der Waals surface area contributed by atoms with Crippen molar-refractivity contribution in [1.29, 1.82) is 0 Å². The maximum Gasteiger partial charge on any atom is 0.453 e. The van der Waals surface area contributed by atoms with Crippen molar-refractivity contribution in [2.24, 2.45) is 5.92 Å². The first kappa shape index (κ1) is 20.2. The zero-order chi connectivity index (χ0) is 22.3. The Labute approximate surface area is 180 Å². The van der Waals surface area contributed by atoms with Crippen molar-refractivity contribution in [2.75, 3.05) is 23.3 Å². The number of pyridine rings is 1. The van der Waals surface area contributed by atoms with Crippen molar-refractivity contribution in [3.05, 3.63) is 54.5 Å². The third-order valence-electron chi connectivity index (χ3n) is 5.55. The first-order valence-corrected chi connectivity index (χ1v) is 10.1. The number of amides is 1. The van der Waals surface area contributed by atoms with Gasteiger partial charge in [-0.15, -0.1) is 15.3 Å². The highest BCUT2D eigenvalue weighted by Gasteiger charge is 2.38. The SMILES string of the molecule is O=C(Nc1cnc2ccccc2c1)C1CCN(c2ccc3nnc(C(F)(F)F)n3n2)CC1. The zero-order valence-corrected chi connectivity index (χ0v) is 16.8. The molecule has 1 saturated heterocycles. The van der Waals surface area contributed by atoms with Crippen LogP contribution >= 0.6 is 0 Å². The largest absolute Gasteiger partial charge is 0.453 e. The minimum absolute atomic E-state index is 0.0272. The molecule has 1 aromatic carbocycles. The molecule has 0 bridgehead atoms. The van der Waals surface area contributed by atoms with E-state index in [0.29, 0.717) is 42.0 Å². The monoisotopic (exact) mass is 441 g/mol. The standard InChI is InChI=1S/C21H18F3N7O/c22-21(23,24)20-28-27-17-5-6-18(29-31(17)20)30-9-7-13(8-10-30)19(32)26-15-11-14-3-1-2-4-16(14)25-12-15/h1-6,11-13H,7-10H2,(H,26,32). The number of carbonyl (C=O) groups is 1.